The summed E-state index contributed by atoms with van der Waals surface area (Å²) in [6.45, 7) is 0. The highest BCUT2D eigenvalue weighted by atomic mass is 79.9. The molecule has 0 amide bonds. The molecule has 0 aliphatic carbocycles. The van der Waals surface area contributed by atoms with Crippen molar-refractivity contribution in [2.24, 2.45) is 0 Å². The van der Waals surface area contributed by atoms with Crippen molar-refractivity contribution in [2.75, 3.05) is 7.05 Å². The number of nitrogens with one attached hydrogen (secondary N) is 1. The second-order valence-electron chi connectivity index (χ2n) is 3.13. The molecule has 0 saturated heterocycles. The monoisotopic (exact) mass is 427 g/mol. The van der Waals surface area contributed by atoms with Crippen LogP contribution in [0.5, 0.6) is 0 Å². The lowest BCUT2D eigenvalue weighted by Gasteiger charge is -2.10. The van der Waals surface area contributed by atoms with Crippen molar-refractivity contribution in [3.05, 3.63) is 41.8 Å². The van der Waals surface area contributed by atoms with E-state index in [0.717, 1.165) is 18.7 Å². The Bertz CT molecular complexity index is 474. The number of hydrogen-bond donors (Lipinski definition) is 1. The predicted octanol–water partition coefficient (Wildman–Crippen LogP) is 4.94. The second-order valence-corrected chi connectivity index (χ2v) is 7.17. The Morgan fingerprint density at radius 1 is 1.31 bits per heavy atom. The first kappa shape index (κ1) is 12.8. The zero-order chi connectivity index (χ0) is 11.7. The molecule has 2 heterocycles. The van der Waals surface area contributed by atoms with Crippen LogP contribution >= 0.6 is 59.1 Å². The van der Waals surface area contributed by atoms with Crippen molar-refractivity contribution in [1.82, 2.24) is 5.32 Å². The van der Waals surface area contributed by atoms with Crippen LogP contribution in [0.1, 0.15) is 16.7 Å². The van der Waals surface area contributed by atoms with E-state index in [9.17, 15) is 0 Å². The Morgan fingerprint density at radius 2 is 2.06 bits per heavy atom. The molecule has 86 valence electrons. The highest BCUT2D eigenvalue weighted by Crippen LogP contribution is 2.38. The summed E-state index contributed by atoms with van der Waals surface area (Å²) in [5.41, 5.74) is 0. The maximum absolute atomic E-state index is 5.57. The van der Waals surface area contributed by atoms with Gasteiger partial charge < -0.3 is 9.73 Å². The lowest BCUT2D eigenvalue weighted by Crippen LogP contribution is -2.15. The predicted molar refractivity (Wildman–Crippen MR) is 77.0 cm³/mol. The summed E-state index contributed by atoms with van der Waals surface area (Å²) in [5.74, 6) is 0.899. The van der Waals surface area contributed by atoms with E-state index in [1.165, 1.54) is 4.88 Å². The second kappa shape index (κ2) is 5.35. The molecule has 0 aromatic carbocycles. The molecule has 2 aromatic rings. The summed E-state index contributed by atoms with van der Waals surface area (Å²) in [6.07, 6.45) is 0. The van der Waals surface area contributed by atoms with E-state index in [2.05, 4.69) is 59.2 Å². The zero-order valence-corrected chi connectivity index (χ0v) is 13.8. The van der Waals surface area contributed by atoms with E-state index in [4.69, 9.17) is 4.42 Å². The molecule has 2 aromatic heterocycles. The maximum atomic E-state index is 5.57. The molecule has 1 unspecified atom stereocenters. The minimum absolute atomic E-state index is 0.0823. The number of hydrogen-bond acceptors (Lipinski definition) is 3. The maximum Gasteiger partial charge on any atom is 0.169 e. The number of furan rings is 1. The molecule has 0 spiro atoms. The highest BCUT2D eigenvalue weighted by Gasteiger charge is 2.19. The lowest BCUT2D eigenvalue weighted by molar-refractivity contribution is 0.449. The third kappa shape index (κ3) is 2.61. The van der Waals surface area contributed by atoms with Gasteiger partial charge in [-0.2, -0.15) is 0 Å². The minimum Gasteiger partial charge on any atom is -0.452 e. The molecule has 2 nitrogen and oxygen atoms in total. The van der Waals surface area contributed by atoms with Gasteiger partial charge in [0.25, 0.3) is 0 Å². The third-order valence-corrected chi connectivity index (χ3v) is 5.86. The summed E-state index contributed by atoms with van der Waals surface area (Å²) >= 11 is 12.0. The molecule has 2 rings (SSSR count). The smallest absolute Gasteiger partial charge is 0.169 e. The molecule has 0 fully saturated rings. The molecular formula is C10H8Br3NOS. The van der Waals surface area contributed by atoms with Crippen molar-refractivity contribution in [1.29, 1.82) is 0 Å². The average Bonchev–Trinajstić information content (AvgIpc) is 2.77. The van der Waals surface area contributed by atoms with Crippen LogP contribution in [-0.4, -0.2) is 7.05 Å². The molecule has 1 atom stereocenters. The fraction of sp³-hybridized carbons (Fsp3) is 0.200. The standard InChI is InChI=1S/C10H8Br3NOS/c1-14-9(6-2-3-8(12)15-6)7-4-5(11)10(13)16-7/h2-4,9,14H,1H3. The normalized spacial score (nSPS) is 13.0. The third-order valence-electron chi connectivity index (χ3n) is 2.12. The Labute approximate surface area is 123 Å². The summed E-state index contributed by atoms with van der Waals surface area (Å²) in [4.78, 5) is 1.20. The number of rotatable bonds is 3. The summed E-state index contributed by atoms with van der Waals surface area (Å²) < 4.78 is 8.48. The minimum atomic E-state index is 0.0823. The Kier molecular flexibility index (Phi) is 4.29. The van der Waals surface area contributed by atoms with E-state index in [1.807, 2.05) is 19.2 Å². The van der Waals surface area contributed by atoms with Crippen LogP contribution in [0.4, 0.5) is 0 Å². The van der Waals surface area contributed by atoms with Crippen molar-refractivity contribution in [3.8, 4) is 0 Å². The highest BCUT2D eigenvalue weighted by molar-refractivity contribution is 9.13. The van der Waals surface area contributed by atoms with Gasteiger partial charge in [-0.15, -0.1) is 11.3 Å². The van der Waals surface area contributed by atoms with Gasteiger partial charge in [-0.3, -0.25) is 0 Å². The van der Waals surface area contributed by atoms with Crippen molar-refractivity contribution in [3.63, 3.8) is 0 Å². The zero-order valence-electron chi connectivity index (χ0n) is 8.26. The molecule has 0 aliphatic heterocycles. The fourth-order valence-corrected chi connectivity index (χ4v) is 3.94. The Morgan fingerprint density at radius 3 is 2.50 bits per heavy atom. The first-order valence-corrected chi connectivity index (χ1v) is 7.68. The van der Waals surface area contributed by atoms with Crippen molar-refractivity contribution in [2.45, 2.75) is 6.04 Å². The van der Waals surface area contributed by atoms with Gasteiger partial charge in [-0.1, -0.05) is 0 Å². The van der Waals surface area contributed by atoms with Gasteiger partial charge in [-0.25, -0.2) is 0 Å². The summed E-state index contributed by atoms with van der Waals surface area (Å²) in [6, 6.07) is 6.04. The van der Waals surface area contributed by atoms with Crippen molar-refractivity contribution < 1.29 is 4.42 Å². The molecule has 16 heavy (non-hydrogen) atoms. The van der Waals surface area contributed by atoms with Crippen LogP contribution in [0.15, 0.2) is 35.5 Å². The molecule has 0 aliphatic rings. The van der Waals surface area contributed by atoms with Gasteiger partial charge in [-0.05, 0) is 73.0 Å². The fourth-order valence-electron chi connectivity index (χ4n) is 1.41. The molecule has 0 radical (unpaired) electrons. The number of halogens is 3. The van der Waals surface area contributed by atoms with Gasteiger partial charge in [0.1, 0.15) is 11.8 Å². The van der Waals surface area contributed by atoms with E-state index in [0.29, 0.717) is 0 Å². The first-order valence-electron chi connectivity index (χ1n) is 4.49. The molecule has 6 heteroatoms. The van der Waals surface area contributed by atoms with Gasteiger partial charge >= 0.3 is 0 Å². The van der Waals surface area contributed by atoms with E-state index in [-0.39, 0.29) is 6.04 Å². The molecule has 1 N–H and O–H groups in total. The van der Waals surface area contributed by atoms with Crippen LogP contribution in [0.25, 0.3) is 0 Å². The van der Waals surface area contributed by atoms with Crippen LogP contribution in [0.2, 0.25) is 0 Å². The van der Waals surface area contributed by atoms with Crippen LogP contribution in [-0.2, 0) is 0 Å². The summed E-state index contributed by atoms with van der Waals surface area (Å²) in [7, 11) is 1.92. The molecule has 0 bridgehead atoms. The van der Waals surface area contributed by atoms with Crippen molar-refractivity contribution >= 4 is 59.1 Å². The van der Waals surface area contributed by atoms with Gasteiger partial charge in [0.15, 0.2) is 4.67 Å². The van der Waals surface area contributed by atoms with Crippen LogP contribution in [0, 0.1) is 0 Å². The molecular weight excluding hydrogens is 422 g/mol. The van der Waals surface area contributed by atoms with Gasteiger partial charge in [0.2, 0.25) is 0 Å². The topological polar surface area (TPSA) is 25.2 Å². The summed E-state index contributed by atoms with van der Waals surface area (Å²) in [5, 5.41) is 3.24. The van der Waals surface area contributed by atoms with E-state index in [1.54, 1.807) is 11.3 Å². The SMILES string of the molecule is CNC(c1ccc(Br)o1)c1cc(Br)c(Br)s1. The quantitative estimate of drug-likeness (QED) is 0.747. The Balaban J connectivity index is 2.36. The first-order chi connectivity index (χ1) is 7.61. The van der Waals surface area contributed by atoms with Gasteiger partial charge in [0.05, 0.1) is 3.79 Å². The van der Waals surface area contributed by atoms with E-state index < -0.39 is 0 Å². The lowest BCUT2D eigenvalue weighted by atomic mass is 10.2. The average molecular weight is 430 g/mol. The van der Waals surface area contributed by atoms with Crippen LogP contribution < -0.4 is 5.32 Å². The van der Waals surface area contributed by atoms with E-state index >= 15 is 0 Å². The largest absolute Gasteiger partial charge is 0.452 e. The van der Waals surface area contributed by atoms with Gasteiger partial charge in [0, 0.05) is 9.35 Å². The number of thiophene rings is 1. The van der Waals surface area contributed by atoms with Crippen LogP contribution in [0.3, 0.4) is 0 Å². The molecule has 0 saturated carbocycles. The Hall–Kier alpha value is 0.380.